The van der Waals surface area contributed by atoms with Crippen molar-refractivity contribution < 1.29 is 9.50 Å². The molecule has 1 atom stereocenters. The topological polar surface area (TPSA) is 33.1 Å². The van der Waals surface area contributed by atoms with Crippen molar-refractivity contribution in [2.45, 2.75) is 39.0 Å². The molecule has 0 aliphatic heterocycles. The summed E-state index contributed by atoms with van der Waals surface area (Å²) in [6.07, 6.45) is 1.40. The van der Waals surface area contributed by atoms with Crippen LogP contribution in [0.5, 0.6) is 0 Å². The fourth-order valence-corrected chi connectivity index (χ4v) is 3.33. The predicted molar refractivity (Wildman–Crippen MR) is 85.2 cm³/mol. The summed E-state index contributed by atoms with van der Waals surface area (Å²) in [5.41, 5.74) is 2.05. The summed E-state index contributed by atoms with van der Waals surface area (Å²) in [6, 6.07) is 6.58. The highest BCUT2D eigenvalue weighted by atomic mass is 32.1. The van der Waals surface area contributed by atoms with Crippen molar-refractivity contribution in [1.29, 1.82) is 0 Å². The Labute approximate surface area is 129 Å². The highest BCUT2D eigenvalue weighted by Crippen LogP contribution is 2.25. The third kappa shape index (κ3) is 4.61. The van der Waals surface area contributed by atoms with E-state index in [-0.39, 0.29) is 23.8 Å². The van der Waals surface area contributed by atoms with Crippen molar-refractivity contribution in [3.63, 3.8) is 0 Å². The Bertz CT molecular complexity index is 588. The third-order valence-corrected chi connectivity index (χ3v) is 4.33. The molecule has 2 nitrogen and oxygen atoms in total. The lowest BCUT2D eigenvalue weighted by atomic mass is 9.93. The zero-order chi connectivity index (χ0) is 15.5. The molecule has 1 aromatic heterocycles. The van der Waals surface area contributed by atoms with E-state index in [1.165, 1.54) is 12.1 Å². The zero-order valence-corrected chi connectivity index (χ0v) is 13.6. The van der Waals surface area contributed by atoms with Gasteiger partial charge >= 0.3 is 0 Å². The summed E-state index contributed by atoms with van der Waals surface area (Å²) in [6.45, 7) is 6.51. The molecule has 2 aromatic rings. The van der Waals surface area contributed by atoms with E-state index in [1.54, 1.807) is 17.4 Å². The Morgan fingerprint density at radius 2 is 2.05 bits per heavy atom. The molecule has 0 spiro atoms. The van der Waals surface area contributed by atoms with Gasteiger partial charge in [0.2, 0.25) is 0 Å². The van der Waals surface area contributed by atoms with Crippen LogP contribution in [0.1, 0.15) is 37.0 Å². The highest BCUT2D eigenvalue weighted by molar-refractivity contribution is 7.09. The molecule has 0 bridgehead atoms. The van der Waals surface area contributed by atoms with Gasteiger partial charge in [0.25, 0.3) is 0 Å². The maximum absolute atomic E-state index is 13.2. The van der Waals surface area contributed by atoms with E-state index < -0.39 is 0 Å². The second-order valence-electron chi connectivity index (χ2n) is 6.46. The van der Waals surface area contributed by atoms with Crippen LogP contribution in [0.3, 0.4) is 0 Å². The first-order valence-electron chi connectivity index (χ1n) is 7.18. The first-order valence-corrected chi connectivity index (χ1v) is 8.06. The van der Waals surface area contributed by atoms with Gasteiger partial charge in [-0.2, -0.15) is 0 Å². The summed E-state index contributed by atoms with van der Waals surface area (Å²) in [4.78, 5) is 4.66. The summed E-state index contributed by atoms with van der Waals surface area (Å²) in [5.74, 6) is -0.153. The van der Waals surface area contributed by atoms with Gasteiger partial charge in [-0.3, -0.25) is 0 Å². The van der Waals surface area contributed by atoms with Gasteiger partial charge in [-0.15, -0.1) is 11.3 Å². The molecular weight excluding hydrogens is 285 g/mol. The van der Waals surface area contributed by atoms with Crippen LogP contribution in [0, 0.1) is 11.7 Å². The van der Waals surface area contributed by atoms with Crippen molar-refractivity contribution in [2.75, 3.05) is 6.61 Å². The monoisotopic (exact) mass is 307 g/mol. The lowest BCUT2D eigenvalue weighted by Crippen LogP contribution is -2.14. The lowest BCUT2D eigenvalue weighted by molar-refractivity contribution is 0.224. The van der Waals surface area contributed by atoms with Gasteiger partial charge in [0.15, 0.2) is 0 Å². The largest absolute Gasteiger partial charge is 0.396 e. The number of benzene rings is 1. The Balaban J connectivity index is 2.04. The average Bonchev–Trinajstić information content (AvgIpc) is 2.86. The molecule has 114 valence electrons. The van der Waals surface area contributed by atoms with E-state index in [9.17, 15) is 9.50 Å². The number of nitrogens with zero attached hydrogens (tertiary/aromatic N) is 1. The molecular formula is C17H22FNOS. The number of aliphatic hydroxyl groups excluding tert-OH is 1. The van der Waals surface area contributed by atoms with E-state index in [0.29, 0.717) is 6.42 Å². The van der Waals surface area contributed by atoms with Crippen LogP contribution in [0.2, 0.25) is 0 Å². The van der Waals surface area contributed by atoms with E-state index in [1.807, 2.05) is 6.07 Å². The fraction of sp³-hybridized carbons (Fsp3) is 0.471. The average molecular weight is 307 g/mol. The first-order chi connectivity index (χ1) is 9.88. The summed E-state index contributed by atoms with van der Waals surface area (Å²) in [5, 5.41) is 12.7. The zero-order valence-electron chi connectivity index (χ0n) is 12.8. The molecule has 2 rings (SSSR count). The van der Waals surface area contributed by atoms with Crippen LogP contribution in [0.25, 0.3) is 0 Å². The standard InChI is InChI=1S/C17H22FNOS/c1-17(2,3)15-11-21-16(19-15)9-13(10-20)7-12-5-4-6-14(18)8-12/h4-6,8,11,13,20H,7,9-10H2,1-3H3. The van der Waals surface area contributed by atoms with E-state index in [0.717, 1.165) is 22.7 Å². The number of aliphatic hydroxyl groups is 1. The van der Waals surface area contributed by atoms with Crippen molar-refractivity contribution >= 4 is 11.3 Å². The Morgan fingerprint density at radius 1 is 1.29 bits per heavy atom. The van der Waals surface area contributed by atoms with Crippen molar-refractivity contribution in [3.8, 4) is 0 Å². The molecule has 0 amide bonds. The third-order valence-electron chi connectivity index (χ3n) is 3.46. The number of thiazole rings is 1. The number of hydrogen-bond acceptors (Lipinski definition) is 3. The van der Waals surface area contributed by atoms with Crippen LogP contribution in [-0.2, 0) is 18.3 Å². The van der Waals surface area contributed by atoms with Crippen molar-refractivity contribution in [1.82, 2.24) is 4.98 Å². The van der Waals surface area contributed by atoms with Crippen LogP contribution in [0.15, 0.2) is 29.6 Å². The molecule has 1 heterocycles. The molecule has 0 aliphatic carbocycles. The Kier molecular flexibility index (Phi) is 5.12. The molecule has 1 aromatic carbocycles. The molecule has 4 heteroatoms. The number of halogens is 1. The molecule has 0 fully saturated rings. The summed E-state index contributed by atoms with van der Waals surface area (Å²) in [7, 11) is 0. The normalized spacial score (nSPS) is 13.4. The molecule has 1 N–H and O–H groups in total. The van der Waals surface area contributed by atoms with Gasteiger partial charge in [-0.25, -0.2) is 9.37 Å². The fourth-order valence-electron chi connectivity index (χ4n) is 2.19. The second-order valence-corrected chi connectivity index (χ2v) is 7.41. The lowest BCUT2D eigenvalue weighted by Gasteiger charge is -2.15. The van der Waals surface area contributed by atoms with Gasteiger partial charge in [0, 0.05) is 23.8 Å². The maximum Gasteiger partial charge on any atom is 0.123 e. The van der Waals surface area contributed by atoms with Gasteiger partial charge < -0.3 is 5.11 Å². The van der Waals surface area contributed by atoms with E-state index in [2.05, 4.69) is 31.1 Å². The molecule has 0 saturated carbocycles. The molecule has 0 aliphatic rings. The van der Waals surface area contributed by atoms with Gasteiger partial charge in [-0.05, 0) is 30.0 Å². The Morgan fingerprint density at radius 3 is 2.62 bits per heavy atom. The number of rotatable bonds is 5. The van der Waals surface area contributed by atoms with E-state index in [4.69, 9.17) is 0 Å². The molecule has 0 saturated heterocycles. The maximum atomic E-state index is 13.2. The van der Waals surface area contributed by atoms with Gasteiger partial charge in [0.05, 0.1) is 10.7 Å². The van der Waals surface area contributed by atoms with Crippen molar-refractivity contribution in [3.05, 3.63) is 51.7 Å². The second kappa shape index (κ2) is 6.67. The quantitative estimate of drug-likeness (QED) is 0.906. The predicted octanol–water partition coefficient (Wildman–Crippen LogP) is 3.97. The summed E-state index contributed by atoms with van der Waals surface area (Å²) >= 11 is 1.64. The van der Waals surface area contributed by atoms with Crippen LogP contribution in [0.4, 0.5) is 4.39 Å². The van der Waals surface area contributed by atoms with Gasteiger partial charge in [0.1, 0.15) is 5.82 Å². The summed E-state index contributed by atoms with van der Waals surface area (Å²) < 4.78 is 13.2. The molecule has 21 heavy (non-hydrogen) atoms. The van der Waals surface area contributed by atoms with Crippen LogP contribution >= 0.6 is 11.3 Å². The van der Waals surface area contributed by atoms with Crippen molar-refractivity contribution in [2.24, 2.45) is 5.92 Å². The molecule has 0 radical (unpaired) electrons. The SMILES string of the molecule is CC(C)(C)c1csc(CC(CO)Cc2cccc(F)c2)n1. The minimum Gasteiger partial charge on any atom is -0.396 e. The molecule has 1 unspecified atom stereocenters. The van der Waals surface area contributed by atoms with Gasteiger partial charge in [-0.1, -0.05) is 32.9 Å². The smallest absolute Gasteiger partial charge is 0.123 e. The number of aromatic nitrogens is 1. The van der Waals surface area contributed by atoms with Crippen LogP contribution < -0.4 is 0 Å². The first kappa shape index (κ1) is 16.1. The van der Waals surface area contributed by atoms with Crippen LogP contribution in [-0.4, -0.2) is 16.7 Å². The van der Waals surface area contributed by atoms with E-state index >= 15 is 0 Å². The number of hydrogen-bond donors (Lipinski definition) is 1. The Hall–Kier alpha value is -1.26. The highest BCUT2D eigenvalue weighted by Gasteiger charge is 2.19. The minimum absolute atomic E-state index is 0.0476. The minimum atomic E-state index is -0.228.